The molecule has 0 radical (unpaired) electrons. The number of carbonyl (C=O) groups is 1. The SMILES string of the molecule is Cc1ccc(NCCC(N)=O)cc1F. The molecule has 0 aromatic heterocycles. The van der Waals surface area contributed by atoms with Crippen LogP contribution in [0.1, 0.15) is 12.0 Å². The smallest absolute Gasteiger partial charge is 0.219 e. The normalized spacial score (nSPS) is 9.86. The van der Waals surface area contributed by atoms with Gasteiger partial charge in [-0.25, -0.2) is 4.39 Å². The molecule has 0 aliphatic heterocycles. The molecular weight excluding hydrogens is 183 g/mol. The maximum atomic E-state index is 13.0. The molecular formula is C10H13FN2O. The van der Waals surface area contributed by atoms with Crippen LogP contribution in [0.2, 0.25) is 0 Å². The Morgan fingerprint density at radius 3 is 2.86 bits per heavy atom. The van der Waals surface area contributed by atoms with Crippen LogP contribution >= 0.6 is 0 Å². The second-order valence-corrected chi connectivity index (χ2v) is 3.11. The van der Waals surface area contributed by atoms with Crippen molar-refractivity contribution in [3.8, 4) is 0 Å². The third kappa shape index (κ3) is 3.05. The predicted octanol–water partition coefficient (Wildman–Crippen LogP) is 1.42. The van der Waals surface area contributed by atoms with E-state index in [0.717, 1.165) is 0 Å². The molecule has 0 heterocycles. The van der Waals surface area contributed by atoms with E-state index in [0.29, 0.717) is 17.8 Å². The first-order chi connectivity index (χ1) is 6.59. The van der Waals surface area contributed by atoms with Crippen molar-refractivity contribution in [3.05, 3.63) is 29.6 Å². The summed E-state index contributed by atoms with van der Waals surface area (Å²) in [6, 6.07) is 4.84. The summed E-state index contributed by atoms with van der Waals surface area (Å²) in [7, 11) is 0. The van der Waals surface area contributed by atoms with Gasteiger partial charge in [-0.3, -0.25) is 4.79 Å². The maximum Gasteiger partial charge on any atom is 0.219 e. The molecule has 1 aromatic rings. The summed E-state index contributed by atoms with van der Waals surface area (Å²) < 4.78 is 13.0. The van der Waals surface area contributed by atoms with E-state index in [4.69, 9.17) is 5.73 Å². The van der Waals surface area contributed by atoms with E-state index in [1.165, 1.54) is 6.07 Å². The van der Waals surface area contributed by atoms with Crippen LogP contribution in [0.4, 0.5) is 10.1 Å². The van der Waals surface area contributed by atoms with E-state index in [9.17, 15) is 9.18 Å². The lowest BCUT2D eigenvalue weighted by atomic mass is 10.2. The molecule has 0 bridgehead atoms. The lowest BCUT2D eigenvalue weighted by Crippen LogP contribution is -2.15. The van der Waals surface area contributed by atoms with E-state index < -0.39 is 0 Å². The molecule has 0 aliphatic carbocycles. The van der Waals surface area contributed by atoms with Crippen LogP contribution in [0, 0.1) is 12.7 Å². The van der Waals surface area contributed by atoms with E-state index >= 15 is 0 Å². The van der Waals surface area contributed by atoms with Crippen molar-refractivity contribution in [2.45, 2.75) is 13.3 Å². The van der Waals surface area contributed by atoms with Gasteiger partial charge in [0, 0.05) is 18.7 Å². The van der Waals surface area contributed by atoms with Gasteiger partial charge >= 0.3 is 0 Å². The number of carbonyl (C=O) groups excluding carboxylic acids is 1. The molecule has 1 rings (SSSR count). The summed E-state index contributed by atoms with van der Waals surface area (Å²) in [6.07, 6.45) is 0.246. The molecule has 0 unspecified atom stereocenters. The number of nitrogens with two attached hydrogens (primary N) is 1. The number of primary amides is 1. The summed E-state index contributed by atoms with van der Waals surface area (Å²) in [4.78, 5) is 10.4. The topological polar surface area (TPSA) is 55.1 Å². The first-order valence-electron chi connectivity index (χ1n) is 4.38. The number of amides is 1. The fourth-order valence-corrected chi connectivity index (χ4v) is 1.03. The maximum absolute atomic E-state index is 13.0. The highest BCUT2D eigenvalue weighted by Gasteiger charge is 1.99. The van der Waals surface area contributed by atoms with Crippen LogP contribution in [0.15, 0.2) is 18.2 Å². The van der Waals surface area contributed by atoms with E-state index in [1.807, 2.05) is 0 Å². The van der Waals surface area contributed by atoms with Crippen molar-refractivity contribution >= 4 is 11.6 Å². The summed E-state index contributed by atoms with van der Waals surface area (Å²) in [5, 5.41) is 2.90. The first kappa shape index (κ1) is 10.5. The van der Waals surface area contributed by atoms with Gasteiger partial charge in [-0.15, -0.1) is 0 Å². The molecule has 14 heavy (non-hydrogen) atoms. The van der Waals surface area contributed by atoms with Crippen molar-refractivity contribution in [1.82, 2.24) is 0 Å². The molecule has 0 atom stereocenters. The van der Waals surface area contributed by atoms with Crippen molar-refractivity contribution in [2.75, 3.05) is 11.9 Å². The van der Waals surface area contributed by atoms with E-state index in [2.05, 4.69) is 5.32 Å². The van der Waals surface area contributed by atoms with Gasteiger partial charge in [0.05, 0.1) is 0 Å². The number of benzene rings is 1. The van der Waals surface area contributed by atoms with Gasteiger partial charge in [-0.2, -0.15) is 0 Å². The first-order valence-corrected chi connectivity index (χ1v) is 4.38. The Morgan fingerprint density at radius 1 is 1.57 bits per heavy atom. The third-order valence-corrected chi connectivity index (χ3v) is 1.87. The average Bonchev–Trinajstić information content (AvgIpc) is 2.10. The zero-order valence-electron chi connectivity index (χ0n) is 8.01. The van der Waals surface area contributed by atoms with Gasteiger partial charge < -0.3 is 11.1 Å². The number of halogens is 1. The zero-order valence-corrected chi connectivity index (χ0v) is 8.01. The fourth-order valence-electron chi connectivity index (χ4n) is 1.03. The highest BCUT2D eigenvalue weighted by Crippen LogP contribution is 2.13. The Labute approximate surface area is 82.1 Å². The minimum absolute atomic E-state index is 0.246. The lowest BCUT2D eigenvalue weighted by molar-refractivity contribution is -0.117. The average molecular weight is 196 g/mol. The largest absolute Gasteiger partial charge is 0.384 e. The Hall–Kier alpha value is -1.58. The van der Waals surface area contributed by atoms with Crippen molar-refractivity contribution < 1.29 is 9.18 Å². The highest BCUT2D eigenvalue weighted by molar-refractivity contribution is 5.74. The second-order valence-electron chi connectivity index (χ2n) is 3.11. The van der Waals surface area contributed by atoms with Crippen LogP contribution in [0.5, 0.6) is 0 Å². The molecule has 4 heteroatoms. The Balaban J connectivity index is 2.51. The van der Waals surface area contributed by atoms with Gasteiger partial charge in [0.25, 0.3) is 0 Å². The molecule has 3 nitrogen and oxygen atoms in total. The Kier molecular flexibility index (Phi) is 3.45. The van der Waals surface area contributed by atoms with Crippen molar-refractivity contribution in [2.24, 2.45) is 5.73 Å². The number of aryl methyl sites for hydroxylation is 1. The molecule has 76 valence electrons. The Bertz CT molecular complexity index is 339. The van der Waals surface area contributed by atoms with Gasteiger partial charge in [0.2, 0.25) is 5.91 Å². The standard InChI is InChI=1S/C10H13FN2O/c1-7-2-3-8(6-9(7)11)13-5-4-10(12)14/h2-3,6,13H,4-5H2,1H3,(H2,12,14). The minimum atomic E-state index is -0.370. The second kappa shape index (κ2) is 4.60. The van der Waals surface area contributed by atoms with Crippen LogP contribution < -0.4 is 11.1 Å². The number of rotatable bonds is 4. The molecule has 0 fully saturated rings. The van der Waals surface area contributed by atoms with Crippen molar-refractivity contribution in [1.29, 1.82) is 0 Å². The molecule has 3 N–H and O–H groups in total. The predicted molar refractivity (Wildman–Crippen MR) is 53.4 cm³/mol. The monoisotopic (exact) mass is 196 g/mol. The molecule has 1 aromatic carbocycles. The number of hydrogen-bond acceptors (Lipinski definition) is 2. The summed E-state index contributed by atoms with van der Waals surface area (Å²) in [6.45, 7) is 2.13. The molecule has 0 spiro atoms. The number of nitrogens with one attached hydrogen (secondary N) is 1. The van der Waals surface area contributed by atoms with E-state index in [1.54, 1.807) is 19.1 Å². The summed E-state index contributed by atoms with van der Waals surface area (Å²) >= 11 is 0. The van der Waals surface area contributed by atoms with Gasteiger partial charge in [-0.05, 0) is 24.6 Å². The minimum Gasteiger partial charge on any atom is -0.384 e. The van der Waals surface area contributed by atoms with Crippen molar-refractivity contribution in [3.63, 3.8) is 0 Å². The quantitative estimate of drug-likeness (QED) is 0.765. The number of anilines is 1. The van der Waals surface area contributed by atoms with Crippen LogP contribution in [0.25, 0.3) is 0 Å². The van der Waals surface area contributed by atoms with Crippen LogP contribution in [-0.4, -0.2) is 12.5 Å². The third-order valence-electron chi connectivity index (χ3n) is 1.87. The van der Waals surface area contributed by atoms with Gasteiger partial charge in [0.15, 0.2) is 0 Å². The summed E-state index contributed by atoms with van der Waals surface area (Å²) in [5.41, 5.74) is 6.22. The fraction of sp³-hybridized carbons (Fsp3) is 0.300. The zero-order chi connectivity index (χ0) is 10.6. The number of hydrogen-bond donors (Lipinski definition) is 2. The van der Waals surface area contributed by atoms with Crippen LogP contribution in [-0.2, 0) is 4.79 Å². The highest BCUT2D eigenvalue weighted by atomic mass is 19.1. The summed E-state index contributed by atoms with van der Waals surface area (Å²) in [5.74, 6) is -0.626. The molecule has 1 amide bonds. The van der Waals surface area contributed by atoms with Crippen LogP contribution in [0.3, 0.4) is 0 Å². The lowest BCUT2D eigenvalue weighted by Gasteiger charge is -2.05. The van der Waals surface area contributed by atoms with Gasteiger partial charge in [0.1, 0.15) is 5.82 Å². The molecule has 0 saturated heterocycles. The van der Waals surface area contributed by atoms with Gasteiger partial charge in [-0.1, -0.05) is 6.07 Å². The van der Waals surface area contributed by atoms with E-state index in [-0.39, 0.29) is 18.1 Å². The molecule has 0 aliphatic rings. The molecule has 0 saturated carbocycles. The Morgan fingerprint density at radius 2 is 2.29 bits per heavy atom.